The molecule has 0 bridgehead atoms. The van der Waals surface area contributed by atoms with Gasteiger partial charge in [0.15, 0.2) is 6.20 Å². The maximum atomic E-state index is 5.98. The molecule has 0 aliphatic heterocycles. The van der Waals surface area contributed by atoms with Crippen molar-refractivity contribution in [3.05, 3.63) is 96.7 Å². The molecule has 3 aromatic carbocycles. The Bertz CT molecular complexity index is 1100. The minimum atomic E-state index is 0.543. The molecule has 0 aliphatic carbocycles. The number of pyridine rings is 1. The lowest BCUT2D eigenvalue weighted by Gasteiger charge is -2.13. The molecule has 150 valence electrons. The molecule has 30 heavy (non-hydrogen) atoms. The summed E-state index contributed by atoms with van der Waals surface area (Å²) in [5.41, 5.74) is 16.3. The Kier molecular flexibility index (Phi) is 5.80. The SMILES string of the molecule is Nc1ccc(OCCc2cc(Oc3ccc(N)c[nH+]3)ccc2-c2ccccc2)cc1. The van der Waals surface area contributed by atoms with Gasteiger partial charge in [0, 0.05) is 12.1 Å². The fourth-order valence-electron chi connectivity index (χ4n) is 3.20. The van der Waals surface area contributed by atoms with Crippen molar-refractivity contribution < 1.29 is 14.5 Å². The van der Waals surface area contributed by atoms with Gasteiger partial charge in [-0.1, -0.05) is 36.4 Å². The highest BCUT2D eigenvalue weighted by atomic mass is 16.5. The van der Waals surface area contributed by atoms with Crippen molar-refractivity contribution in [2.45, 2.75) is 6.42 Å². The second-order valence-electron chi connectivity index (χ2n) is 6.94. The number of nitrogen functional groups attached to an aromatic ring is 2. The smallest absolute Gasteiger partial charge is 0.371 e. The summed E-state index contributed by atoms with van der Waals surface area (Å²) in [5.74, 6) is 2.17. The van der Waals surface area contributed by atoms with Gasteiger partial charge < -0.3 is 20.9 Å². The number of anilines is 2. The summed E-state index contributed by atoms with van der Waals surface area (Å²) in [6, 6.07) is 27.4. The summed E-state index contributed by atoms with van der Waals surface area (Å²) in [6.45, 7) is 0.543. The van der Waals surface area contributed by atoms with Crippen LogP contribution in [0.25, 0.3) is 11.1 Å². The predicted octanol–water partition coefficient (Wildman–Crippen LogP) is 4.75. The van der Waals surface area contributed by atoms with Gasteiger partial charge in [-0.25, -0.2) is 0 Å². The number of H-pyrrole nitrogens is 1. The molecule has 1 aromatic heterocycles. The van der Waals surface area contributed by atoms with Crippen LogP contribution in [-0.2, 0) is 6.42 Å². The first-order valence-electron chi connectivity index (χ1n) is 9.79. The van der Waals surface area contributed by atoms with Crippen molar-refractivity contribution in [2.24, 2.45) is 0 Å². The standard InChI is InChI=1S/C25H23N3O2/c26-20-6-9-22(10-7-20)29-15-14-19-16-23(30-25-13-8-21(27)17-28-25)11-12-24(19)18-4-2-1-3-5-18/h1-13,16-17H,14-15,26-27H2/p+1. The number of rotatable bonds is 7. The molecule has 5 N–H and O–H groups in total. The zero-order valence-electron chi connectivity index (χ0n) is 16.5. The maximum absolute atomic E-state index is 5.98. The van der Waals surface area contributed by atoms with Crippen LogP contribution >= 0.6 is 0 Å². The second-order valence-corrected chi connectivity index (χ2v) is 6.94. The van der Waals surface area contributed by atoms with Gasteiger partial charge in [0.05, 0.1) is 18.4 Å². The third kappa shape index (κ3) is 4.89. The first kappa shape index (κ1) is 19.3. The van der Waals surface area contributed by atoms with E-state index in [4.69, 9.17) is 20.9 Å². The molecule has 0 amide bonds. The highest BCUT2D eigenvalue weighted by Crippen LogP contribution is 2.29. The molecule has 0 spiro atoms. The van der Waals surface area contributed by atoms with Crippen LogP contribution < -0.4 is 25.9 Å². The number of aromatic amines is 1. The fraction of sp³-hybridized carbons (Fsp3) is 0.0800. The van der Waals surface area contributed by atoms with Crippen LogP contribution in [-0.4, -0.2) is 6.61 Å². The number of benzene rings is 3. The highest BCUT2D eigenvalue weighted by Gasteiger charge is 2.10. The molecule has 0 radical (unpaired) electrons. The molecule has 4 aromatic rings. The first-order chi connectivity index (χ1) is 14.7. The molecule has 0 saturated carbocycles. The van der Waals surface area contributed by atoms with Gasteiger partial charge in [-0.3, -0.25) is 0 Å². The maximum Gasteiger partial charge on any atom is 0.371 e. The zero-order chi connectivity index (χ0) is 20.8. The lowest BCUT2D eigenvalue weighted by molar-refractivity contribution is -0.390. The molecular formula is C25H24N3O2+. The summed E-state index contributed by atoms with van der Waals surface area (Å²) >= 11 is 0. The number of ether oxygens (including phenoxy) is 2. The molecule has 0 saturated heterocycles. The van der Waals surface area contributed by atoms with Crippen molar-refractivity contribution in [3.63, 3.8) is 0 Å². The van der Waals surface area contributed by atoms with Crippen molar-refractivity contribution in [1.29, 1.82) is 0 Å². The first-order valence-corrected chi connectivity index (χ1v) is 9.79. The Labute approximate surface area is 175 Å². The largest absolute Gasteiger partial charge is 0.493 e. The summed E-state index contributed by atoms with van der Waals surface area (Å²) in [4.78, 5) is 3.04. The van der Waals surface area contributed by atoms with Crippen molar-refractivity contribution in [2.75, 3.05) is 18.1 Å². The van der Waals surface area contributed by atoms with E-state index in [0.717, 1.165) is 40.3 Å². The Morgan fingerprint density at radius 2 is 1.47 bits per heavy atom. The molecule has 4 rings (SSSR count). The van der Waals surface area contributed by atoms with E-state index in [-0.39, 0.29) is 0 Å². The van der Waals surface area contributed by atoms with E-state index < -0.39 is 0 Å². The van der Waals surface area contributed by atoms with Crippen LogP contribution in [0, 0.1) is 0 Å². The van der Waals surface area contributed by atoms with Crippen LogP contribution in [0.5, 0.6) is 17.4 Å². The summed E-state index contributed by atoms with van der Waals surface area (Å²) < 4.78 is 11.9. The average Bonchev–Trinajstić information content (AvgIpc) is 2.78. The third-order valence-electron chi connectivity index (χ3n) is 4.72. The van der Waals surface area contributed by atoms with Crippen LogP contribution in [0.4, 0.5) is 11.4 Å². The van der Waals surface area contributed by atoms with Crippen LogP contribution in [0.15, 0.2) is 91.1 Å². The van der Waals surface area contributed by atoms with Crippen molar-refractivity contribution in [3.8, 4) is 28.5 Å². The number of aromatic nitrogens is 1. The molecular weight excluding hydrogens is 374 g/mol. The van der Waals surface area contributed by atoms with Crippen LogP contribution in [0.3, 0.4) is 0 Å². The third-order valence-corrected chi connectivity index (χ3v) is 4.72. The van der Waals surface area contributed by atoms with Gasteiger partial charge in [-0.2, -0.15) is 4.98 Å². The topological polar surface area (TPSA) is 84.6 Å². The number of nitrogens with one attached hydrogen (secondary N) is 1. The van der Waals surface area contributed by atoms with E-state index in [2.05, 4.69) is 29.2 Å². The number of hydrogen-bond donors (Lipinski definition) is 2. The van der Waals surface area contributed by atoms with E-state index in [1.807, 2.05) is 54.6 Å². The lowest BCUT2D eigenvalue weighted by Crippen LogP contribution is -2.07. The minimum absolute atomic E-state index is 0.543. The van der Waals surface area contributed by atoms with E-state index in [9.17, 15) is 0 Å². The van der Waals surface area contributed by atoms with Crippen molar-refractivity contribution >= 4 is 11.4 Å². The van der Waals surface area contributed by atoms with Gasteiger partial charge in [-0.15, -0.1) is 0 Å². The summed E-state index contributed by atoms with van der Waals surface area (Å²) in [7, 11) is 0. The average molecular weight is 398 g/mol. The van der Waals surface area contributed by atoms with Gasteiger partial charge in [-0.05, 0) is 59.2 Å². The Morgan fingerprint density at radius 3 is 2.20 bits per heavy atom. The minimum Gasteiger partial charge on any atom is -0.493 e. The van der Waals surface area contributed by atoms with Gasteiger partial charge in [0.2, 0.25) is 0 Å². The number of hydrogen-bond acceptors (Lipinski definition) is 4. The molecule has 5 nitrogen and oxygen atoms in total. The van der Waals surface area contributed by atoms with Gasteiger partial charge in [0.1, 0.15) is 11.5 Å². The summed E-state index contributed by atoms with van der Waals surface area (Å²) in [6.07, 6.45) is 2.44. The highest BCUT2D eigenvalue weighted by molar-refractivity contribution is 5.68. The molecule has 0 atom stereocenters. The quantitative estimate of drug-likeness (QED) is 0.440. The molecule has 1 heterocycles. The fourth-order valence-corrected chi connectivity index (χ4v) is 3.20. The Balaban J connectivity index is 1.55. The zero-order valence-corrected chi connectivity index (χ0v) is 16.5. The van der Waals surface area contributed by atoms with Crippen LogP contribution in [0.2, 0.25) is 0 Å². The molecule has 0 unspecified atom stereocenters. The molecule has 0 aliphatic rings. The van der Waals surface area contributed by atoms with E-state index in [1.165, 1.54) is 0 Å². The summed E-state index contributed by atoms with van der Waals surface area (Å²) in [5, 5.41) is 0. The van der Waals surface area contributed by atoms with Gasteiger partial charge in [0.25, 0.3) is 0 Å². The lowest BCUT2D eigenvalue weighted by atomic mass is 9.97. The Morgan fingerprint density at radius 1 is 0.733 bits per heavy atom. The second kappa shape index (κ2) is 9.01. The normalized spacial score (nSPS) is 10.5. The van der Waals surface area contributed by atoms with Gasteiger partial charge >= 0.3 is 5.88 Å². The molecule has 5 heteroatoms. The monoisotopic (exact) mass is 398 g/mol. The van der Waals surface area contributed by atoms with Crippen molar-refractivity contribution in [1.82, 2.24) is 0 Å². The van der Waals surface area contributed by atoms with E-state index in [1.54, 1.807) is 12.3 Å². The van der Waals surface area contributed by atoms with Crippen LogP contribution in [0.1, 0.15) is 5.56 Å². The van der Waals surface area contributed by atoms with E-state index in [0.29, 0.717) is 18.2 Å². The van der Waals surface area contributed by atoms with E-state index >= 15 is 0 Å². The number of nitrogens with two attached hydrogens (primary N) is 2. The Hall–Kier alpha value is -3.99. The molecule has 0 fully saturated rings. The predicted molar refractivity (Wildman–Crippen MR) is 119 cm³/mol.